The van der Waals surface area contributed by atoms with Crippen molar-refractivity contribution in [2.75, 3.05) is 0 Å². The Morgan fingerprint density at radius 3 is 2.67 bits per heavy atom. The standard InChI is InChI=1S/C15H18FNO/c1-10(2)17-9-13-6-7-15(18-13)12-5-4-11(3)14(16)8-12/h4-8,10,17H,9H2,1-3H3. The smallest absolute Gasteiger partial charge is 0.134 e. The van der Waals surface area contributed by atoms with Gasteiger partial charge >= 0.3 is 0 Å². The molecule has 3 heteroatoms. The maximum Gasteiger partial charge on any atom is 0.134 e. The summed E-state index contributed by atoms with van der Waals surface area (Å²) >= 11 is 0. The molecule has 0 unspecified atom stereocenters. The normalized spacial score (nSPS) is 11.2. The number of aryl methyl sites for hydroxylation is 1. The molecule has 0 radical (unpaired) electrons. The predicted octanol–water partition coefficient (Wildman–Crippen LogP) is 3.89. The van der Waals surface area contributed by atoms with Crippen LogP contribution in [0.3, 0.4) is 0 Å². The van der Waals surface area contributed by atoms with E-state index >= 15 is 0 Å². The second-order valence-electron chi connectivity index (χ2n) is 4.77. The SMILES string of the molecule is Cc1ccc(-c2ccc(CNC(C)C)o2)cc1F. The zero-order valence-corrected chi connectivity index (χ0v) is 11.0. The highest BCUT2D eigenvalue weighted by Gasteiger charge is 2.07. The highest BCUT2D eigenvalue weighted by atomic mass is 19.1. The zero-order chi connectivity index (χ0) is 13.1. The van der Waals surface area contributed by atoms with Gasteiger partial charge in [0.05, 0.1) is 6.54 Å². The summed E-state index contributed by atoms with van der Waals surface area (Å²) in [6.45, 7) is 6.60. The number of nitrogens with one attached hydrogen (secondary N) is 1. The van der Waals surface area contributed by atoms with E-state index < -0.39 is 0 Å². The van der Waals surface area contributed by atoms with Gasteiger partial charge in [-0.05, 0) is 30.7 Å². The molecule has 18 heavy (non-hydrogen) atoms. The van der Waals surface area contributed by atoms with Crippen LogP contribution in [0.25, 0.3) is 11.3 Å². The van der Waals surface area contributed by atoms with E-state index in [1.807, 2.05) is 18.2 Å². The lowest BCUT2D eigenvalue weighted by molar-refractivity contribution is 0.473. The van der Waals surface area contributed by atoms with Crippen LogP contribution in [0, 0.1) is 12.7 Å². The summed E-state index contributed by atoms with van der Waals surface area (Å²) in [4.78, 5) is 0. The maximum absolute atomic E-state index is 13.5. The Kier molecular flexibility index (Phi) is 3.82. The lowest BCUT2D eigenvalue weighted by Crippen LogP contribution is -2.21. The van der Waals surface area contributed by atoms with Crippen molar-refractivity contribution in [2.24, 2.45) is 0 Å². The van der Waals surface area contributed by atoms with Gasteiger partial charge in [-0.15, -0.1) is 0 Å². The lowest BCUT2D eigenvalue weighted by atomic mass is 10.1. The van der Waals surface area contributed by atoms with Crippen molar-refractivity contribution in [3.63, 3.8) is 0 Å². The number of furan rings is 1. The van der Waals surface area contributed by atoms with Crippen LogP contribution in [0.5, 0.6) is 0 Å². The number of halogens is 1. The largest absolute Gasteiger partial charge is 0.460 e. The van der Waals surface area contributed by atoms with Crippen LogP contribution in [0.15, 0.2) is 34.7 Å². The van der Waals surface area contributed by atoms with Gasteiger partial charge in [-0.1, -0.05) is 26.0 Å². The van der Waals surface area contributed by atoms with E-state index in [0.29, 0.717) is 23.9 Å². The first kappa shape index (κ1) is 12.8. The summed E-state index contributed by atoms with van der Waals surface area (Å²) in [7, 11) is 0. The van der Waals surface area contributed by atoms with Crippen molar-refractivity contribution in [1.82, 2.24) is 5.32 Å². The second kappa shape index (κ2) is 5.36. The molecule has 0 fully saturated rings. The monoisotopic (exact) mass is 247 g/mol. The number of hydrogen-bond donors (Lipinski definition) is 1. The van der Waals surface area contributed by atoms with Gasteiger partial charge in [-0.3, -0.25) is 0 Å². The minimum Gasteiger partial charge on any atom is -0.460 e. The highest BCUT2D eigenvalue weighted by Crippen LogP contribution is 2.24. The Bertz CT molecular complexity index is 531. The Labute approximate surface area is 107 Å². The van der Waals surface area contributed by atoms with Gasteiger partial charge in [0.15, 0.2) is 0 Å². The van der Waals surface area contributed by atoms with Crippen LogP contribution in [0.2, 0.25) is 0 Å². The summed E-state index contributed by atoms with van der Waals surface area (Å²) in [5.41, 5.74) is 1.42. The van der Waals surface area contributed by atoms with Crippen LogP contribution in [0.1, 0.15) is 25.2 Å². The van der Waals surface area contributed by atoms with Crippen LogP contribution in [-0.4, -0.2) is 6.04 Å². The first-order valence-electron chi connectivity index (χ1n) is 6.15. The molecule has 0 aliphatic rings. The third kappa shape index (κ3) is 2.99. The fourth-order valence-corrected chi connectivity index (χ4v) is 1.68. The third-order valence-electron chi connectivity index (χ3n) is 2.80. The summed E-state index contributed by atoms with van der Waals surface area (Å²) < 4.78 is 19.2. The minimum atomic E-state index is -0.203. The lowest BCUT2D eigenvalue weighted by Gasteiger charge is -2.05. The molecule has 1 aromatic carbocycles. The van der Waals surface area contributed by atoms with Crippen molar-refractivity contribution >= 4 is 0 Å². The molecule has 2 rings (SSSR count). The molecule has 0 saturated carbocycles. The minimum absolute atomic E-state index is 0.203. The zero-order valence-electron chi connectivity index (χ0n) is 11.0. The van der Waals surface area contributed by atoms with Gasteiger partial charge in [-0.2, -0.15) is 0 Å². The Hall–Kier alpha value is -1.61. The maximum atomic E-state index is 13.5. The topological polar surface area (TPSA) is 25.2 Å². The van der Waals surface area contributed by atoms with Crippen LogP contribution in [-0.2, 0) is 6.54 Å². The average Bonchev–Trinajstić information content (AvgIpc) is 2.79. The summed E-state index contributed by atoms with van der Waals surface area (Å²) in [6, 6.07) is 9.35. The molecule has 0 bridgehead atoms. The van der Waals surface area contributed by atoms with Crippen molar-refractivity contribution in [2.45, 2.75) is 33.4 Å². The van der Waals surface area contributed by atoms with E-state index in [4.69, 9.17) is 4.42 Å². The molecule has 1 heterocycles. The van der Waals surface area contributed by atoms with Crippen LogP contribution >= 0.6 is 0 Å². The summed E-state index contributed by atoms with van der Waals surface area (Å²) in [5, 5.41) is 3.28. The van der Waals surface area contributed by atoms with Crippen molar-refractivity contribution in [3.05, 3.63) is 47.5 Å². The molecular formula is C15H18FNO. The van der Waals surface area contributed by atoms with E-state index in [2.05, 4.69) is 19.2 Å². The van der Waals surface area contributed by atoms with Crippen molar-refractivity contribution in [1.29, 1.82) is 0 Å². The van der Waals surface area contributed by atoms with E-state index in [1.54, 1.807) is 13.0 Å². The van der Waals surface area contributed by atoms with E-state index in [-0.39, 0.29) is 5.82 Å². The Morgan fingerprint density at radius 1 is 1.22 bits per heavy atom. The van der Waals surface area contributed by atoms with Gasteiger partial charge in [0, 0.05) is 11.6 Å². The van der Waals surface area contributed by atoms with Crippen LogP contribution in [0.4, 0.5) is 4.39 Å². The molecule has 0 saturated heterocycles. The first-order chi connectivity index (χ1) is 8.56. The molecule has 0 amide bonds. The second-order valence-corrected chi connectivity index (χ2v) is 4.77. The molecule has 0 atom stereocenters. The Morgan fingerprint density at radius 2 is 2.00 bits per heavy atom. The van der Waals surface area contributed by atoms with Gasteiger partial charge < -0.3 is 9.73 Å². The number of hydrogen-bond acceptors (Lipinski definition) is 2. The molecule has 2 aromatic rings. The molecule has 96 valence electrons. The van der Waals surface area contributed by atoms with Gasteiger partial charge in [0.1, 0.15) is 17.3 Å². The predicted molar refractivity (Wildman–Crippen MR) is 70.8 cm³/mol. The summed E-state index contributed by atoms with van der Waals surface area (Å²) in [6.07, 6.45) is 0. The quantitative estimate of drug-likeness (QED) is 0.886. The first-order valence-corrected chi connectivity index (χ1v) is 6.15. The Balaban J connectivity index is 2.16. The molecule has 0 aliphatic carbocycles. The third-order valence-corrected chi connectivity index (χ3v) is 2.80. The van der Waals surface area contributed by atoms with Crippen molar-refractivity contribution in [3.8, 4) is 11.3 Å². The van der Waals surface area contributed by atoms with Crippen molar-refractivity contribution < 1.29 is 8.81 Å². The fourth-order valence-electron chi connectivity index (χ4n) is 1.68. The fraction of sp³-hybridized carbons (Fsp3) is 0.333. The molecule has 0 aliphatic heterocycles. The molecule has 2 nitrogen and oxygen atoms in total. The molecule has 1 aromatic heterocycles. The van der Waals surface area contributed by atoms with Gasteiger partial charge in [0.25, 0.3) is 0 Å². The molecule has 1 N–H and O–H groups in total. The van der Waals surface area contributed by atoms with E-state index in [1.165, 1.54) is 6.07 Å². The molecule has 0 spiro atoms. The van der Waals surface area contributed by atoms with Crippen LogP contribution < -0.4 is 5.32 Å². The van der Waals surface area contributed by atoms with Gasteiger partial charge in [-0.25, -0.2) is 4.39 Å². The number of benzene rings is 1. The average molecular weight is 247 g/mol. The van der Waals surface area contributed by atoms with E-state index in [9.17, 15) is 4.39 Å². The molecular weight excluding hydrogens is 229 g/mol. The van der Waals surface area contributed by atoms with Gasteiger partial charge in [0.2, 0.25) is 0 Å². The summed E-state index contributed by atoms with van der Waals surface area (Å²) in [5.74, 6) is 1.36. The number of rotatable bonds is 4. The highest BCUT2D eigenvalue weighted by molar-refractivity contribution is 5.58. The van der Waals surface area contributed by atoms with E-state index in [0.717, 1.165) is 11.3 Å².